The second kappa shape index (κ2) is 7.09. The molecule has 3 N–H and O–H groups in total. The van der Waals surface area contributed by atoms with Crippen molar-refractivity contribution in [2.75, 3.05) is 7.11 Å². The molecule has 3 rings (SSSR count). The molecule has 0 spiro atoms. The van der Waals surface area contributed by atoms with E-state index in [2.05, 4.69) is 20.3 Å². The molecular weight excluding hydrogens is 383 g/mol. The van der Waals surface area contributed by atoms with Crippen LogP contribution in [0.25, 0.3) is 11.5 Å². The van der Waals surface area contributed by atoms with Crippen molar-refractivity contribution in [3.63, 3.8) is 0 Å². The highest BCUT2D eigenvalue weighted by Gasteiger charge is 2.34. The Hall–Kier alpha value is -3.77. The predicted molar refractivity (Wildman–Crippen MR) is 88.8 cm³/mol. The summed E-state index contributed by atoms with van der Waals surface area (Å²) in [5.41, 5.74) is -0.743. The first-order valence-corrected chi connectivity index (χ1v) is 7.56. The molecule has 10 nitrogen and oxygen atoms in total. The lowest BCUT2D eigenvalue weighted by molar-refractivity contribution is -0.141. The molecule has 28 heavy (non-hydrogen) atoms. The number of halogens is 3. The summed E-state index contributed by atoms with van der Waals surface area (Å²) in [6.45, 7) is 0. The van der Waals surface area contributed by atoms with Crippen LogP contribution in [0, 0.1) is 10.8 Å². The third kappa shape index (κ3) is 3.54. The first kappa shape index (κ1) is 19.0. The smallest absolute Gasteiger partial charge is 0.435 e. The number of hydrogen-bond acceptors (Lipinski definition) is 8. The fourth-order valence-electron chi connectivity index (χ4n) is 2.38. The van der Waals surface area contributed by atoms with Crippen LogP contribution in [-0.4, -0.2) is 44.1 Å². The molecule has 13 heteroatoms. The van der Waals surface area contributed by atoms with Crippen LogP contribution in [0.5, 0.6) is 5.88 Å². The summed E-state index contributed by atoms with van der Waals surface area (Å²) in [5.74, 6) is -2.37. The first-order valence-electron chi connectivity index (χ1n) is 7.56. The monoisotopic (exact) mass is 395 g/mol. The fourth-order valence-corrected chi connectivity index (χ4v) is 2.38. The van der Waals surface area contributed by atoms with Crippen molar-refractivity contribution in [2.45, 2.75) is 12.1 Å². The highest BCUT2D eigenvalue weighted by molar-refractivity contribution is 6.01. The molecule has 1 unspecified atom stereocenters. The number of methoxy groups -OCH3 is 1. The van der Waals surface area contributed by atoms with Crippen LogP contribution in [0.15, 0.2) is 33.7 Å². The number of pyridine rings is 1. The second-order valence-electron chi connectivity index (χ2n) is 5.42. The number of nitrogens with zero attached hydrogens (tertiary/aromatic N) is 4. The van der Waals surface area contributed by atoms with Crippen LogP contribution < -0.4 is 10.5 Å². The Labute approximate surface area is 154 Å². The molecule has 0 aliphatic carbocycles. The Balaban J connectivity index is 2.00. The van der Waals surface area contributed by atoms with E-state index in [1.807, 2.05) is 0 Å². The van der Waals surface area contributed by atoms with E-state index >= 15 is 0 Å². The standard InChI is InChI=1S/C15H12F3N7O3/c1-27-12-8(13-22-23-14(26)28-13)4-7(6-21-12)9(5-19)11(20)25-3-2-10(24-25)15(16,17)18/h2-6,9,19-20H,1H3,(H,23,26). The zero-order valence-corrected chi connectivity index (χ0v) is 14.1. The Morgan fingerprint density at radius 3 is 2.75 bits per heavy atom. The zero-order chi connectivity index (χ0) is 20.5. The maximum absolute atomic E-state index is 12.7. The summed E-state index contributed by atoms with van der Waals surface area (Å²) in [6, 6.07) is 2.13. The van der Waals surface area contributed by atoms with Gasteiger partial charge in [-0.05, 0) is 17.7 Å². The SMILES string of the molecule is COc1ncc(C(C=N)C(=N)n2ccc(C(F)(F)F)n2)cc1-c1n[nH]c(=O)o1. The molecule has 0 aromatic carbocycles. The quantitative estimate of drug-likeness (QED) is 0.444. The van der Waals surface area contributed by atoms with E-state index in [1.165, 1.54) is 19.4 Å². The minimum atomic E-state index is -4.65. The lowest BCUT2D eigenvalue weighted by atomic mass is 9.99. The number of rotatable bonds is 5. The van der Waals surface area contributed by atoms with E-state index in [0.29, 0.717) is 0 Å². The molecule has 146 valence electrons. The molecule has 0 saturated heterocycles. The summed E-state index contributed by atoms with van der Waals surface area (Å²) >= 11 is 0. The third-order valence-corrected chi connectivity index (χ3v) is 3.68. The average Bonchev–Trinajstić information content (AvgIpc) is 3.31. The van der Waals surface area contributed by atoms with Crippen molar-refractivity contribution in [1.29, 1.82) is 10.8 Å². The molecule has 3 heterocycles. The van der Waals surface area contributed by atoms with Gasteiger partial charge in [-0.25, -0.2) is 19.6 Å². The lowest BCUT2D eigenvalue weighted by Crippen LogP contribution is -2.23. The van der Waals surface area contributed by atoms with E-state index in [1.54, 1.807) is 0 Å². The van der Waals surface area contributed by atoms with Gasteiger partial charge in [0, 0.05) is 18.6 Å². The summed E-state index contributed by atoms with van der Waals surface area (Å²) in [6.07, 6.45) is -1.54. The van der Waals surface area contributed by atoms with Gasteiger partial charge in [0.2, 0.25) is 5.88 Å². The minimum absolute atomic E-state index is 0.0627. The van der Waals surface area contributed by atoms with E-state index in [9.17, 15) is 18.0 Å². The molecular formula is C15H12F3N7O3. The molecule has 0 amide bonds. The zero-order valence-electron chi connectivity index (χ0n) is 14.1. The lowest BCUT2D eigenvalue weighted by Gasteiger charge is -2.15. The number of aromatic amines is 1. The maximum atomic E-state index is 12.7. The Kier molecular flexibility index (Phi) is 4.81. The Morgan fingerprint density at radius 2 is 2.21 bits per heavy atom. The fraction of sp³-hybridized carbons (Fsp3) is 0.200. The van der Waals surface area contributed by atoms with Gasteiger partial charge in [0.15, 0.2) is 5.69 Å². The first-order chi connectivity index (χ1) is 13.2. The van der Waals surface area contributed by atoms with Gasteiger partial charge in [0.05, 0.1) is 13.0 Å². The normalized spacial score (nSPS) is 12.6. The van der Waals surface area contributed by atoms with Crippen molar-refractivity contribution < 1.29 is 22.3 Å². The molecule has 0 aliphatic rings. The number of hydrogen-bond donors (Lipinski definition) is 3. The number of alkyl halides is 3. The van der Waals surface area contributed by atoms with Crippen molar-refractivity contribution in [3.05, 3.63) is 46.3 Å². The van der Waals surface area contributed by atoms with Crippen LogP contribution in [-0.2, 0) is 6.18 Å². The van der Waals surface area contributed by atoms with Gasteiger partial charge in [-0.2, -0.15) is 18.3 Å². The molecule has 0 saturated carbocycles. The van der Waals surface area contributed by atoms with Gasteiger partial charge in [-0.3, -0.25) is 5.41 Å². The number of H-pyrrole nitrogens is 1. The van der Waals surface area contributed by atoms with E-state index < -0.39 is 29.4 Å². The van der Waals surface area contributed by atoms with Crippen LogP contribution in [0.4, 0.5) is 13.2 Å². The van der Waals surface area contributed by atoms with Crippen LogP contribution in [0.1, 0.15) is 17.2 Å². The summed E-state index contributed by atoms with van der Waals surface area (Å²) in [4.78, 5) is 15.2. The average molecular weight is 395 g/mol. The maximum Gasteiger partial charge on any atom is 0.435 e. The van der Waals surface area contributed by atoms with Gasteiger partial charge in [-0.1, -0.05) is 0 Å². The molecule has 3 aromatic heterocycles. The Morgan fingerprint density at radius 1 is 1.46 bits per heavy atom. The summed E-state index contributed by atoms with van der Waals surface area (Å²) in [7, 11) is 1.33. The topological polar surface area (TPSA) is 147 Å². The summed E-state index contributed by atoms with van der Waals surface area (Å²) in [5, 5.41) is 24.8. The molecule has 0 aliphatic heterocycles. The van der Waals surface area contributed by atoms with Gasteiger partial charge < -0.3 is 14.6 Å². The second-order valence-corrected chi connectivity index (χ2v) is 5.42. The van der Waals surface area contributed by atoms with Crippen molar-refractivity contribution in [1.82, 2.24) is 25.0 Å². The molecule has 0 fully saturated rings. The van der Waals surface area contributed by atoms with Crippen LogP contribution >= 0.6 is 0 Å². The number of aromatic nitrogens is 5. The van der Waals surface area contributed by atoms with Gasteiger partial charge in [0.1, 0.15) is 11.4 Å². The summed E-state index contributed by atoms with van der Waals surface area (Å²) < 4.78 is 48.9. The minimum Gasteiger partial charge on any atom is -0.480 e. The highest BCUT2D eigenvalue weighted by Crippen LogP contribution is 2.30. The van der Waals surface area contributed by atoms with Crippen LogP contribution in [0.2, 0.25) is 0 Å². The molecule has 3 aromatic rings. The van der Waals surface area contributed by atoms with Crippen LogP contribution in [0.3, 0.4) is 0 Å². The largest absolute Gasteiger partial charge is 0.480 e. The van der Waals surface area contributed by atoms with E-state index in [0.717, 1.165) is 23.2 Å². The number of nitrogens with one attached hydrogen (secondary N) is 3. The number of ether oxygens (including phenoxy) is 1. The van der Waals surface area contributed by atoms with Gasteiger partial charge >= 0.3 is 11.9 Å². The van der Waals surface area contributed by atoms with E-state index in [4.69, 9.17) is 20.0 Å². The Bertz CT molecular complexity index is 1080. The predicted octanol–water partition coefficient (Wildman–Crippen LogP) is 1.91. The van der Waals surface area contributed by atoms with Crippen molar-refractivity contribution in [2.24, 2.45) is 0 Å². The molecule has 0 bridgehead atoms. The van der Waals surface area contributed by atoms with Crippen molar-refractivity contribution >= 4 is 12.1 Å². The third-order valence-electron chi connectivity index (χ3n) is 3.68. The van der Waals surface area contributed by atoms with Gasteiger partial charge in [-0.15, -0.1) is 5.10 Å². The molecule has 1 atom stereocenters. The molecule has 0 radical (unpaired) electrons. The highest BCUT2D eigenvalue weighted by atomic mass is 19.4. The van der Waals surface area contributed by atoms with E-state index in [-0.39, 0.29) is 22.9 Å². The van der Waals surface area contributed by atoms with Crippen molar-refractivity contribution in [3.8, 4) is 17.3 Å². The van der Waals surface area contributed by atoms with Gasteiger partial charge in [0.25, 0.3) is 5.89 Å².